The second-order valence-corrected chi connectivity index (χ2v) is 6.33. The average Bonchev–Trinajstić information content (AvgIpc) is 3.04. The van der Waals surface area contributed by atoms with Crippen molar-refractivity contribution >= 4 is 29.1 Å². The Labute approximate surface area is 142 Å². The van der Waals surface area contributed by atoms with Crippen LogP contribution in [0.5, 0.6) is 0 Å². The smallest absolute Gasteiger partial charge is 0.253 e. The quantitative estimate of drug-likeness (QED) is 0.716. The maximum atomic E-state index is 12.2. The zero-order valence-electron chi connectivity index (χ0n) is 13.5. The summed E-state index contributed by atoms with van der Waals surface area (Å²) in [6, 6.07) is 4.92. The Morgan fingerprint density at radius 1 is 1.39 bits per heavy atom. The highest BCUT2D eigenvalue weighted by atomic mass is 35.5. The van der Waals surface area contributed by atoms with E-state index in [0.717, 1.165) is 32.4 Å². The van der Waals surface area contributed by atoms with Crippen molar-refractivity contribution in [2.24, 2.45) is 5.92 Å². The third-order valence-electron chi connectivity index (χ3n) is 3.98. The van der Waals surface area contributed by atoms with Crippen LogP contribution in [0.2, 0.25) is 5.02 Å². The highest BCUT2D eigenvalue weighted by Gasteiger charge is 2.17. The fraction of sp³-hybridized carbons (Fsp3) is 0.529. The minimum Gasteiger partial charge on any atom is -0.352 e. The van der Waals surface area contributed by atoms with Crippen molar-refractivity contribution in [3.63, 3.8) is 0 Å². The summed E-state index contributed by atoms with van der Waals surface area (Å²) >= 11 is 6.00. The summed E-state index contributed by atoms with van der Waals surface area (Å²) in [5.41, 5.74) is 0.916. The molecular formula is C17H24ClN3O2. The summed E-state index contributed by atoms with van der Waals surface area (Å²) in [7, 11) is 0. The molecule has 1 aromatic rings. The molecule has 1 aromatic carbocycles. The molecule has 0 aliphatic carbocycles. The van der Waals surface area contributed by atoms with Crippen LogP contribution in [0.4, 0.5) is 5.69 Å². The Kier molecular flexibility index (Phi) is 6.86. The van der Waals surface area contributed by atoms with E-state index in [2.05, 4.69) is 16.0 Å². The van der Waals surface area contributed by atoms with Gasteiger partial charge >= 0.3 is 0 Å². The van der Waals surface area contributed by atoms with Crippen LogP contribution in [0.1, 0.15) is 43.0 Å². The van der Waals surface area contributed by atoms with E-state index in [9.17, 15) is 9.59 Å². The molecule has 1 unspecified atom stereocenters. The zero-order valence-corrected chi connectivity index (χ0v) is 14.2. The Morgan fingerprint density at radius 2 is 2.22 bits per heavy atom. The largest absolute Gasteiger partial charge is 0.352 e. The van der Waals surface area contributed by atoms with Crippen LogP contribution in [-0.2, 0) is 4.79 Å². The van der Waals surface area contributed by atoms with Crippen molar-refractivity contribution in [2.75, 3.05) is 25.0 Å². The molecule has 5 nitrogen and oxygen atoms in total. The monoisotopic (exact) mass is 337 g/mol. The van der Waals surface area contributed by atoms with Gasteiger partial charge in [0.2, 0.25) is 5.91 Å². The predicted octanol–water partition coefficient (Wildman–Crippen LogP) is 2.81. The van der Waals surface area contributed by atoms with Gasteiger partial charge in [-0.15, -0.1) is 0 Å². The van der Waals surface area contributed by atoms with Crippen molar-refractivity contribution in [1.29, 1.82) is 0 Å². The second kappa shape index (κ2) is 8.89. The molecule has 1 heterocycles. The van der Waals surface area contributed by atoms with Gasteiger partial charge in [-0.2, -0.15) is 0 Å². The van der Waals surface area contributed by atoms with Crippen LogP contribution in [0.15, 0.2) is 18.2 Å². The van der Waals surface area contributed by atoms with Crippen LogP contribution in [-0.4, -0.2) is 31.4 Å². The molecule has 0 radical (unpaired) electrons. The Bertz CT molecular complexity index is 557. The third-order valence-corrected chi connectivity index (χ3v) is 4.21. The highest BCUT2D eigenvalue weighted by Crippen LogP contribution is 2.22. The number of carbonyl (C=O) groups excluding carboxylic acids is 2. The van der Waals surface area contributed by atoms with Gasteiger partial charge in [-0.05, 0) is 56.5 Å². The minimum atomic E-state index is -0.196. The molecule has 0 bridgehead atoms. The molecule has 3 N–H and O–H groups in total. The Hall–Kier alpha value is -1.59. The summed E-state index contributed by atoms with van der Waals surface area (Å²) in [5.74, 6) is 0.287. The second-order valence-electron chi connectivity index (χ2n) is 5.89. The lowest BCUT2D eigenvalue weighted by molar-refractivity contribution is -0.116. The van der Waals surface area contributed by atoms with E-state index in [4.69, 9.17) is 11.6 Å². The van der Waals surface area contributed by atoms with E-state index >= 15 is 0 Å². The summed E-state index contributed by atoms with van der Waals surface area (Å²) in [4.78, 5) is 24.3. The molecule has 0 saturated carbocycles. The minimum absolute atomic E-state index is 0.0799. The number of benzene rings is 1. The van der Waals surface area contributed by atoms with Gasteiger partial charge in [0, 0.05) is 18.0 Å². The first-order valence-corrected chi connectivity index (χ1v) is 8.56. The molecule has 0 aromatic heterocycles. The number of anilines is 1. The van der Waals surface area contributed by atoms with Crippen LogP contribution in [0, 0.1) is 5.92 Å². The summed E-state index contributed by atoms with van der Waals surface area (Å²) in [6.07, 6.45) is 3.29. The molecule has 2 rings (SSSR count). The maximum Gasteiger partial charge on any atom is 0.253 e. The SMILES string of the molecule is CCCNC(=O)c1ccc(Cl)cc1NC(=O)CCC1CCNC1. The number of nitrogens with one attached hydrogen (secondary N) is 3. The zero-order chi connectivity index (χ0) is 16.7. The van der Waals surface area contributed by atoms with Crippen molar-refractivity contribution in [3.05, 3.63) is 28.8 Å². The fourth-order valence-corrected chi connectivity index (χ4v) is 2.83. The third kappa shape index (κ3) is 5.52. The highest BCUT2D eigenvalue weighted by molar-refractivity contribution is 6.31. The Morgan fingerprint density at radius 3 is 2.91 bits per heavy atom. The van der Waals surface area contributed by atoms with Crippen molar-refractivity contribution in [2.45, 2.75) is 32.6 Å². The number of hydrogen-bond acceptors (Lipinski definition) is 3. The molecular weight excluding hydrogens is 314 g/mol. The molecule has 1 aliphatic rings. The van der Waals surface area contributed by atoms with Crippen LogP contribution in [0.25, 0.3) is 0 Å². The fourth-order valence-electron chi connectivity index (χ4n) is 2.66. The van der Waals surface area contributed by atoms with Crippen LogP contribution >= 0.6 is 11.6 Å². The van der Waals surface area contributed by atoms with Crippen molar-refractivity contribution in [1.82, 2.24) is 10.6 Å². The molecule has 1 fully saturated rings. The topological polar surface area (TPSA) is 70.2 Å². The first-order chi connectivity index (χ1) is 11.1. The van der Waals surface area contributed by atoms with Crippen LogP contribution in [0.3, 0.4) is 0 Å². The first-order valence-electron chi connectivity index (χ1n) is 8.18. The van der Waals surface area contributed by atoms with E-state index in [1.165, 1.54) is 0 Å². The molecule has 0 spiro atoms. The van der Waals surface area contributed by atoms with Gasteiger partial charge in [0.05, 0.1) is 11.3 Å². The number of amides is 2. The van der Waals surface area contributed by atoms with Gasteiger partial charge in [0.1, 0.15) is 0 Å². The number of hydrogen-bond donors (Lipinski definition) is 3. The normalized spacial score (nSPS) is 17.0. The first kappa shape index (κ1) is 17.8. The maximum absolute atomic E-state index is 12.2. The van der Waals surface area contributed by atoms with Gasteiger partial charge in [-0.3, -0.25) is 9.59 Å². The van der Waals surface area contributed by atoms with E-state index in [1.807, 2.05) is 6.92 Å². The molecule has 1 aliphatic heterocycles. The molecule has 126 valence electrons. The van der Waals surface area contributed by atoms with Gasteiger partial charge in [0.15, 0.2) is 0 Å². The average molecular weight is 338 g/mol. The lowest BCUT2D eigenvalue weighted by Gasteiger charge is -2.13. The number of rotatable bonds is 7. The lowest BCUT2D eigenvalue weighted by atomic mass is 10.0. The van der Waals surface area contributed by atoms with Gasteiger partial charge in [0.25, 0.3) is 5.91 Å². The number of halogens is 1. The van der Waals surface area contributed by atoms with Crippen molar-refractivity contribution in [3.8, 4) is 0 Å². The van der Waals surface area contributed by atoms with Crippen molar-refractivity contribution < 1.29 is 9.59 Å². The number of carbonyl (C=O) groups is 2. The van der Waals surface area contributed by atoms with Gasteiger partial charge in [-0.1, -0.05) is 18.5 Å². The van der Waals surface area contributed by atoms with Crippen LogP contribution < -0.4 is 16.0 Å². The molecule has 1 atom stereocenters. The summed E-state index contributed by atoms with van der Waals surface area (Å²) in [5, 5.41) is 9.43. The summed E-state index contributed by atoms with van der Waals surface area (Å²) < 4.78 is 0. The predicted molar refractivity (Wildman–Crippen MR) is 92.9 cm³/mol. The van der Waals surface area contributed by atoms with E-state index in [1.54, 1.807) is 18.2 Å². The molecule has 2 amide bonds. The summed E-state index contributed by atoms with van der Waals surface area (Å²) in [6.45, 7) is 4.60. The molecule has 1 saturated heterocycles. The van der Waals surface area contributed by atoms with E-state index in [-0.39, 0.29) is 11.8 Å². The standard InChI is InChI=1S/C17H24ClN3O2/c1-2-8-20-17(23)14-5-4-13(18)10-15(14)21-16(22)6-3-12-7-9-19-11-12/h4-5,10,12,19H,2-3,6-9,11H2,1H3,(H,20,23)(H,21,22). The van der Waals surface area contributed by atoms with Gasteiger partial charge in [-0.25, -0.2) is 0 Å². The van der Waals surface area contributed by atoms with E-state index in [0.29, 0.717) is 35.2 Å². The lowest BCUT2D eigenvalue weighted by Crippen LogP contribution is -2.26. The molecule has 6 heteroatoms. The Balaban J connectivity index is 1.97. The van der Waals surface area contributed by atoms with Gasteiger partial charge < -0.3 is 16.0 Å². The molecule has 23 heavy (non-hydrogen) atoms. The van der Waals surface area contributed by atoms with E-state index < -0.39 is 0 Å².